The first-order valence-corrected chi connectivity index (χ1v) is 6.80. The summed E-state index contributed by atoms with van der Waals surface area (Å²) in [4.78, 5) is 10.7. The van der Waals surface area contributed by atoms with Crippen LogP contribution in [0.15, 0.2) is 22.7 Å². The molecular formula is C14H17BrF2O3. The lowest BCUT2D eigenvalue weighted by atomic mass is 9.81. The number of carboxylic acid groups (broad SMARTS) is 1. The Morgan fingerprint density at radius 1 is 1.40 bits per heavy atom. The summed E-state index contributed by atoms with van der Waals surface area (Å²) in [7, 11) is 1.45. The van der Waals surface area contributed by atoms with Crippen molar-refractivity contribution in [1.29, 1.82) is 0 Å². The largest absolute Gasteiger partial charge is 0.496 e. The monoisotopic (exact) mass is 350 g/mol. The number of hydrogen-bond acceptors (Lipinski definition) is 2. The van der Waals surface area contributed by atoms with E-state index in [1.807, 2.05) is 0 Å². The number of aliphatic carboxylic acids is 1. The van der Waals surface area contributed by atoms with E-state index in [1.54, 1.807) is 0 Å². The summed E-state index contributed by atoms with van der Waals surface area (Å²) in [6.07, 6.45) is -0.842. The topological polar surface area (TPSA) is 46.5 Å². The fourth-order valence-electron chi connectivity index (χ4n) is 2.07. The van der Waals surface area contributed by atoms with Gasteiger partial charge in [0.25, 0.3) is 5.92 Å². The van der Waals surface area contributed by atoms with Gasteiger partial charge in [0, 0.05) is 12.0 Å². The van der Waals surface area contributed by atoms with Gasteiger partial charge in [-0.3, -0.25) is 4.79 Å². The van der Waals surface area contributed by atoms with Crippen LogP contribution in [-0.4, -0.2) is 18.2 Å². The molecule has 112 valence electrons. The van der Waals surface area contributed by atoms with Crippen molar-refractivity contribution in [2.45, 2.75) is 32.6 Å². The average molecular weight is 351 g/mol. The van der Waals surface area contributed by atoms with Crippen LogP contribution in [0.3, 0.4) is 0 Å². The first-order chi connectivity index (χ1) is 9.07. The lowest BCUT2D eigenvalue weighted by Gasteiger charge is -2.28. The summed E-state index contributed by atoms with van der Waals surface area (Å²) in [5.41, 5.74) is -1.16. The lowest BCUT2D eigenvalue weighted by molar-refractivity contribution is -0.140. The van der Waals surface area contributed by atoms with Gasteiger partial charge < -0.3 is 9.84 Å². The molecule has 0 aliphatic carbocycles. The van der Waals surface area contributed by atoms with Crippen LogP contribution < -0.4 is 4.74 Å². The molecule has 0 spiro atoms. The standard InChI is InChI=1S/C14H17BrF2O3/c1-13(2,7-12(18)19)8-14(16,17)9-4-5-11(20-3)10(15)6-9/h4-6H,7-8H2,1-3H3,(H,18,19). The molecule has 1 N–H and O–H groups in total. The van der Waals surface area contributed by atoms with Crippen LogP contribution in [0.25, 0.3) is 0 Å². The number of ether oxygens (including phenoxy) is 1. The molecule has 20 heavy (non-hydrogen) atoms. The molecule has 1 rings (SSSR count). The van der Waals surface area contributed by atoms with Crippen LogP contribution >= 0.6 is 15.9 Å². The van der Waals surface area contributed by atoms with Crippen LogP contribution in [0.4, 0.5) is 8.78 Å². The highest BCUT2D eigenvalue weighted by Gasteiger charge is 2.39. The summed E-state index contributed by atoms with van der Waals surface area (Å²) in [5.74, 6) is -3.72. The molecule has 0 aromatic heterocycles. The Labute approximate surface area is 125 Å². The molecule has 0 amide bonds. The summed E-state index contributed by atoms with van der Waals surface area (Å²) in [6.45, 7) is 3.04. The second-order valence-corrected chi connectivity index (χ2v) is 6.32. The fraction of sp³-hybridized carbons (Fsp3) is 0.500. The Balaban J connectivity index is 2.98. The van der Waals surface area contributed by atoms with Gasteiger partial charge in [0.2, 0.25) is 0 Å². The highest BCUT2D eigenvalue weighted by Crippen LogP contribution is 2.43. The predicted molar refractivity (Wildman–Crippen MR) is 75.2 cm³/mol. The van der Waals surface area contributed by atoms with E-state index in [2.05, 4.69) is 15.9 Å². The molecule has 0 saturated carbocycles. The maximum atomic E-state index is 14.3. The number of carboxylic acids is 1. The third-order valence-corrected chi connectivity index (χ3v) is 3.52. The zero-order chi connectivity index (χ0) is 15.6. The first kappa shape index (κ1) is 16.9. The van der Waals surface area contributed by atoms with Crippen molar-refractivity contribution in [1.82, 2.24) is 0 Å². The van der Waals surface area contributed by atoms with Gasteiger partial charge in [-0.25, -0.2) is 8.78 Å². The molecule has 3 nitrogen and oxygen atoms in total. The van der Waals surface area contributed by atoms with Crippen molar-refractivity contribution in [3.8, 4) is 5.75 Å². The van der Waals surface area contributed by atoms with Crippen LogP contribution in [0.2, 0.25) is 0 Å². The zero-order valence-electron chi connectivity index (χ0n) is 11.5. The summed E-state index contributed by atoms with van der Waals surface area (Å²) < 4.78 is 34.0. The smallest absolute Gasteiger partial charge is 0.303 e. The van der Waals surface area contributed by atoms with Gasteiger partial charge in [-0.05, 0) is 39.5 Å². The van der Waals surface area contributed by atoms with Gasteiger partial charge >= 0.3 is 5.97 Å². The van der Waals surface area contributed by atoms with Gasteiger partial charge in [0.15, 0.2) is 0 Å². The molecule has 0 radical (unpaired) electrons. The Morgan fingerprint density at radius 2 is 2.00 bits per heavy atom. The van der Waals surface area contributed by atoms with E-state index < -0.39 is 23.7 Å². The van der Waals surface area contributed by atoms with Gasteiger partial charge in [-0.2, -0.15) is 0 Å². The number of carbonyl (C=O) groups is 1. The van der Waals surface area contributed by atoms with Crippen LogP contribution in [0, 0.1) is 5.41 Å². The van der Waals surface area contributed by atoms with E-state index in [0.717, 1.165) is 0 Å². The summed E-state index contributed by atoms with van der Waals surface area (Å²) >= 11 is 3.17. The molecule has 0 aliphatic heterocycles. The Kier molecular flexibility index (Phi) is 5.13. The fourth-order valence-corrected chi connectivity index (χ4v) is 2.61. The predicted octanol–water partition coefficient (Wildman–Crippen LogP) is 4.44. The number of methoxy groups -OCH3 is 1. The molecule has 0 unspecified atom stereocenters. The van der Waals surface area contributed by atoms with E-state index in [9.17, 15) is 13.6 Å². The van der Waals surface area contributed by atoms with E-state index in [0.29, 0.717) is 10.2 Å². The molecule has 0 saturated heterocycles. The second kappa shape index (κ2) is 6.08. The number of rotatable bonds is 6. The highest BCUT2D eigenvalue weighted by atomic mass is 79.9. The quantitative estimate of drug-likeness (QED) is 0.824. The normalized spacial score (nSPS) is 12.3. The second-order valence-electron chi connectivity index (χ2n) is 5.47. The van der Waals surface area contributed by atoms with Crippen molar-refractivity contribution >= 4 is 21.9 Å². The molecule has 0 aliphatic rings. The van der Waals surface area contributed by atoms with Gasteiger partial charge in [0.1, 0.15) is 5.75 Å². The Hall–Kier alpha value is -1.17. The number of alkyl halides is 2. The van der Waals surface area contributed by atoms with E-state index in [1.165, 1.54) is 39.2 Å². The van der Waals surface area contributed by atoms with Gasteiger partial charge in [0.05, 0.1) is 18.0 Å². The molecular weight excluding hydrogens is 334 g/mol. The van der Waals surface area contributed by atoms with Crippen LogP contribution in [0.1, 0.15) is 32.3 Å². The van der Waals surface area contributed by atoms with Crippen molar-refractivity contribution in [2.24, 2.45) is 5.41 Å². The first-order valence-electron chi connectivity index (χ1n) is 6.01. The van der Waals surface area contributed by atoms with Crippen molar-refractivity contribution in [3.63, 3.8) is 0 Å². The van der Waals surface area contributed by atoms with Crippen LogP contribution in [-0.2, 0) is 10.7 Å². The van der Waals surface area contributed by atoms with E-state index in [-0.39, 0.29) is 12.0 Å². The minimum absolute atomic E-state index is 0.163. The van der Waals surface area contributed by atoms with Gasteiger partial charge in [-0.1, -0.05) is 13.8 Å². The molecule has 6 heteroatoms. The minimum atomic E-state index is -3.10. The van der Waals surface area contributed by atoms with Crippen molar-refractivity contribution in [2.75, 3.05) is 7.11 Å². The number of hydrogen-bond donors (Lipinski definition) is 1. The van der Waals surface area contributed by atoms with Crippen LogP contribution in [0.5, 0.6) is 5.75 Å². The molecule has 0 atom stereocenters. The molecule has 1 aromatic rings. The maximum Gasteiger partial charge on any atom is 0.303 e. The third kappa shape index (κ3) is 4.44. The molecule has 0 bridgehead atoms. The van der Waals surface area contributed by atoms with Gasteiger partial charge in [-0.15, -0.1) is 0 Å². The van der Waals surface area contributed by atoms with E-state index >= 15 is 0 Å². The maximum absolute atomic E-state index is 14.3. The Bertz CT molecular complexity index is 501. The minimum Gasteiger partial charge on any atom is -0.496 e. The summed E-state index contributed by atoms with van der Waals surface area (Å²) in [5, 5.41) is 8.76. The Morgan fingerprint density at radius 3 is 2.45 bits per heavy atom. The van der Waals surface area contributed by atoms with Crippen molar-refractivity contribution in [3.05, 3.63) is 28.2 Å². The molecule has 0 fully saturated rings. The molecule has 0 heterocycles. The SMILES string of the molecule is COc1ccc(C(F)(F)CC(C)(C)CC(=O)O)cc1Br. The lowest BCUT2D eigenvalue weighted by Crippen LogP contribution is -2.26. The average Bonchev–Trinajstić information content (AvgIpc) is 2.25. The highest BCUT2D eigenvalue weighted by molar-refractivity contribution is 9.10. The van der Waals surface area contributed by atoms with Crippen molar-refractivity contribution < 1.29 is 23.4 Å². The number of benzene rings is 1. The zero-order valence-corrected chi connectivity index (χ0v) is 13.1. The third-order valence-electron chi connectivity index (χ3n) is 2.90. The number of halogens is 3. The summed E-state index contributed by atoms with van der Waals surface area (Å²) in [6, 6.07) is 4.05. The molecule has 1 aromatic carbocycles. The van der Waals surface area contributed by atoms with E-state index in [4.69, 9.17) is 9.84 Å².